The zero-order valence-corrected chi connectivity index (χ0v) is 8.06. The lowest BCUT2D eigenvalue weighted by atomic mass is 10.2. The molecular formula is C10H12O4. The number of carbonyl (C=O) groups is 1. The van der Waals surface area contributed by atoms with E-state index < -0.39 is 12.3 Å². The highest BCUT2D eigenvalue weighted by molar-refractivity contribution is 5.92. The number of benzene rings is 1. The van der Waals surface area contributed by atoms with Crippen LogP contribution in [0.5, 0.6) is 5.75 Å². The smallest absolute Gasteiger partial charge is 0.341 e. The molecule has 1 aromatic rings. The number of hydrogen-bond donors (Lipinski definition) is 1. The molecule has 4 nitrogen and oxygen atoms in total. The van der Waals surface area contributed by atoms with Crippen molar-refractivity contribution in [1.82, 2.24) is 0 Å². The maximum absolute atomic E-state index is 11.2. The molecule has 1 atom stereocenters. The van der Waals surface area contributed by atoms with E-state index in [1.54, 1.807) is 24.3 Å². The second-order valence-corrected chi connectivity index (χ2v) is 2.70. The number of carbonyl (C=O) groups excluding carboxylic acids is 1. The summed E-state index contributed by atoms with van der Waals surface area (Å²) in [5.74, 6) is -0.171. The van der Waals surface area contributed by atoms with E-state index in [0.717, 1.165) is 0 Å². The van der Waals surface area contributed by atoms with Crippen LogP contribution in [-0.4, -0.2) is 24.5 Å². The predicted octanol–water partition coefficient (Wildman–Crippen LogP) is 1.19. The lowest BCUT2D eigenvalue weighted by Gasteiger charge is -2.11. The molecule has 0 aliphatic rings. The summed E-state index contributed by atoms with van der Waals surface area (Å²) in [4.78, 5) is 11.2. The zero-order valence-electron chi connectivity index (χ0n) is 8.06. The third kappa shape index (κ3) is 2.47. The summed E-state index contributed by atoms with van der Waals surface area (Å²) in [5.41, 5.74) is 0.302. The molecule has 0 amide bonds. The van der Waals surface area contributed by atoms with E-state index in [4.69, 9.17) is 9.84 Å². The van der Waals surface area contributed by atoms with Gasteiger partial charge in [-0.1, -0.05) is 12.1 Å². The summed E-state index contributed by atoms with van der Waals surface area (Å²) in [6.07, 6.45) is -0.958. The van der Waals surface area contributed by atoms with Crippen LogP contribution >= 0.6 is 0 Å². The molecule has 0 radical (unpaired) electrons. The van der Waals surface area contributed by atoms with Crippen LogP contribution in [0.15, 0.2) is 24.3 Å². The van der Waals surface area contributed by atoms with Gasteiger partial charge in [0.1, 0.15) is 11.3 Å². The average molecular weight is 196 g/mol. The summed E-state index contributed by atoms with van der Waals surface area (Å²) in [6, 6.07) is 6.58. The fourth-order valence-electron chi connectivity index (χ4n) is 1.03. The van der Waals surface area contributed by atoms with Crippen molar-refractivity contribution in [2.24, 2.45) is 0 Å². The van der Waals surface area contributed by atoms with E-state index >= 15 is 0 Å². The maximum Gasteiger partial charge on any atom is 0.341 e. The van der Waals surface area contributed by atoms with Crippen LogP contribution in [0.1, 0.15) is 17.3 Å². The van der Waals surface area contributed by atoms with Crippen molar-refractivity contribution in [3.05, 3.63) is 29.8 Å². The van der Waals surface area contributed by atoms with E-state index in [1.807, 2.05) is 0 Å². The number of hydrogen-bond acceptors (Lipinski definition) is 4. The SMILES string of the molecule is COC(=O)c1ccccc1O[C@@H](C)O. The molecule has 1 rings (SSSR count). The van der Waals surface area contributed by atoms with Gasteiger partial charge in [0, 0.05) is 0 Å². The van der Waals surface area contributed by atoms with Crippen molar-refractivity contribution in [2.75, 3.05) is 7.11 Å². The van der Waals surface area contributed by atoms with Gasteiger partial charge >= 0.3 is 5.97 Å². The van der Waals surface area contributed by atoms with Crippen molar-refractivity contribution in [3.63, 3.8) is 0 Å². The van der Waals surface area contributed by atoms with Crippen molar-refractivity contribution in [3.8, 4) is 5.75 Å². The summed E-state index contributed by atoms with van der Waals surface area (Å²) >= 11 is 0. The highest BCUT2D eigenvalue weighted by atomic mass is 16.6. The van der Waals surface area contributed by atoms with Crippen LogP contribution in [0.25, 0.3) is 0 Å². The fraction of sp³-hybridized carbons (Fsp3) is 0.300. The van der Waals surface area contributed by atoms with Gasteiger partial charge in [0.05, 0.1) is 7.11 Å². The van der Waals surface area contributed by atoms with Crippen LogP contribution in [-0.2, 0) is 4.74 Å². The monoisotopic (exact) mass is 196 g/mol. The van der Waals surface area contributed by atoms with Gasteiger partial charge in [-0.3, -0.25) is 0 Å². The Hall–Kier alpha value is -1.55. The maximum atomic E-state index is 11.2. The summed E-state index contributed by atoms with van der Waals surface area (Å²) in [7, 11) is 1.29. The van der Waals surface area contributed by atoms with E-state index in [9.17, 15) is 4.79 Å². The van der Waals surface area contributed by atoms with Gasteiger partial charge in [0.25, 0.3) is 0 Å². The first-order valence-electron chi connectivity index (χ1n) is 4.17. The first-order chi connectivity index (χ1) is 6.65. The fourth-order valence-corrected chi connectivity index (χ4v) is 1.03. The van der Waals surface area contributed by atoms with Crippen molar-refractivity contribution < 1.29 is 19.4 Å². The second kappa shape index (κ2) is 4.62. The molecule has 0 aliphatic carbocycles. The standard InChI is InChI=1S/C10H12O4/c1-7(11)14-9-6-4-3-5-8(9)10(12)13-2/h3-7,11H,1-2H3/t7-/m0/s1. The van der Waals surface area contributed by atoms with Gasteiger partial charge in [-0.15, -0.1) is 0 Å². The molecule has 0 aromatic heterocycles. The number of para-hydroxylation sites is 1. The van der Waals surface area contributed by atoms with E-state index in [2.05, 4.69) is 4.74 Å². The average Bonchev–Trinajstić information content (AvgIpc) is 2.16. The van der Waals surface area contributed by atoms with Gasteiger partial charge in [-0.25, -0.2) is 4.79 Å². The lowest BCUT2D eigenvalue weighted by Crippen LogP contribution is -2.13. The minimum Gasteiger partial charge on any atom is -0.465 e. The first kappa shape index (κ1) is 10.5. The molecule has 0 spiro atoms. The van der Waals surface area contributed by atoms with E-state index in [1.165, 1.54) is 14.0 Å². The molecule has 1 aromatic carbocycles. The summed E-state index contributed by atoms with van der Waals surface area (Å²) in [5, 5.41) is 9.01. The Balaban J connectivity index is 2.97. The molecule has 0 saturated carbocycles. The second-order valence-electron chi connectivity index (χ2n) is 2.70. The highest BCUT2D eigenvalue weighted by Crippen LogP contribution is 2.19. The topological polar surface area (TPSA) is 55.8 Å². The molecule has 14 heavy (non-hydrogen) atoms. The van der Waals surface area contributed by atoms with Gasteiger partial charge in [0.15, 0.2) is 6.29 Å². The van der Waals surface area contributed by atoms with Crippen LogP contribution in [0.4, 0.5) is 0 Å². The largest absolute Gasteiger partial charge is 0.465 e. The third-order valence-electron chi connectivity index (χ3n) is 1.59. The molecule has 76 valence electrons. The molecule has 0 fully saturated rings. The number of aliphatic hydroxyl groups is 1. The van der Waals surface area contributed by atoms with E-state index in [0.29, 0.717) is 11.3 Å². The van der Waals surface area contributed by atoms with Gasteiger partial charge in [-0.2, -0.15) is 0 Å². The van der Waals surface area contributed by atoms with Gasteiger partial charge < -0.3 is 14.6 Å². The number of ether oxygens (including phenoxy) is 2. The van der Waals surface area contributed by atoms with Crippen LogP contribution in [0, 0.1) is 0 Å². The Morgan fingerprint density at radius 1 is 1.43 bits per heavy atom. The number of esters is 1. The van der Waals surface area contributed by atoms with E-state index in [-0.39, 0.29) is 0 Å². The Bertz CT molecular complexity index is 320. The molecular weight excluding hydrogens is 184 g/mol. The molecule has 4 heteroatoms. The van der Waals surface area contributed by atoms with Crippen molar-refractivity contribution >= 4 is 5.97 Å². The van der Waals surface area contributed by atoms with Crippen LogP contribution in [0.2, 0.25) is 0 Å². The zero-order chi connectivity index (χ0) is 10.6. The quantitative estimate of drug-likeness (QED) is 0.582. The molecule has 1 N–H and O–H groups in total. The Morgan fingerprint density at radius 3 is 2.64 bits per heavy atom. The van der Waals surface area contributed by atoms with Crippen LogP contribution in [0.3, 0.4) is 0 Å². The molecule has 0 bridgehead atoms. The first-order valence-corrected chi connectivity index (χ1v) is 4.17. The lowest BCUT2D eigenvalue weighted by molar-refractivity contribution is -0.00136. The Labute approximate surface area is 82.1 Å². The normalized spacial score (nSPS) is 11.9. The number of aliphatic hydroxyl groups excluding tert-OH is 1. The minimum absolute atomic E-state index is 0.302. The number of methoxy groups -OCH3 is 1. The summed E-state index contributed by atoms with van der Waals surface area (Å²) < 4.78 is 9.58. The molecule has 0 unspecified atom stereocenters. The minimum atomic E-state index is -0.958. The van der Waals surface area contributed by atoms with Gasteiger partial charge in [0.2, 0.25) is 0 Å². The van der Waals surface area contributed by atoms with Crippen molar-refractivity contribution in [1.29, 1.82) is 0 Å². The third-order valence-corrected chi connectivity index (χ3v) is 1.59. The van der Waals surface area contributed by atoms with Crippen molar-refractivity contribution in [2.45, 2.75) is 13.2 Å². The Kier molecular flexibility index (Phi) is 3.48. The van der Waals surface area contributed by atoms with Crippen LogP contribution < -0.4 is 4.74 Å². The molecule has 0 aliphatic heterocycles. The predicted molar refractivity (Wildman–Crippen MR) is 50.1 cm³/mol. The highest BCUT2D eigenvalue weighted by Gasteiger charge is 2.12. The Morgan fingerprint density at radius 2 is 2.07 bits per heavy atom. The summed E-state index contributed by atoms with van der Waals surface area (Å²) in [6.45, 7) is 1.47. The number of rotatable bonds is 3. The molecule has 0 heterocycles. The molecule has 0 saturated heterocycles. The van der Waals surface area contributed by atoms with Gasteiger partial charge in [-0.05, 0) is 19.1 Å².